The maximum atomic E-state index is 11.8. The molecule has 0 aliphatic rings. The van der Waals surface area contributed by atoms with Crippen molar-refractivity contribution in [2.75, 3.05) is 25.5 Å². The number of nitrogens with one attached hydrogen (secondary N) is 1. The fourth-order valence-electron chi connectivity index (χ4n) is 1.78. The lowest BCUT2D eigenvalue weighted by molar-refractivity contribution is -0.384. The molecule has 0 saturated carbocycles. The van der Waals surface area contributed by atoms with Crippen molar-refractivity contribution in [2.45, 2.75) is 26.2 Å². The summed E-state index contributed by atoms with van der Waals surface area (Å²) in [6.07, 6.45) is 2.43. The van der Waals surface area contributed by atoms with Crippen molar-refractivity contribution in [3.05, 3.63) is 28.3 Å². The van der Waals surface area contributed by atoms with E-state index in [1.807, 2.05) is 7.05 Å². The molecule has 1 aromatic carbocycles. The molecule has 2 N–H and O–H groups in total. The summed E-state index contributed by atoms with van der Waals surface area (Å²) in [4.78, 5) is 24.0. The van der Waals surface area contributed by atoms with Crippen molar-refractivity contribution in [3.63, 3.8) is 0 Å². The molecule has 0 aliphatic carbocycles. The largest absolute Gasteiger partial charge is 0.506 e. The minimum atomic E-state index is -0.576. The molecule has 0 bridgehead atoms. The van der Waals surface area contributed by atoms with Crippen LogP contribution in [0.3, 0.4) is 0 Å². The zero-order valence-corrected chi connectivity index (χ0v) is 12.3. The SMILES string of the molecule is CCCCN(C)CCC(=O)Nc1cc([N+](=O)[O-])ccc1O. The zero-order chi connectivity index (χ0) is 15.8. The standard InChI is InChI=1S/C14H21N3O4/c1-3-4-8-16(2)9-7-14(19)15-12-10-11(17(20)21)5-6-13(12)18/h5-6,10,18H,3-4,7-9H2,1-2H3,(H,15,19). The fraction of sp³-hybridized carbons (Fsp3) is 0.500. The number of carbonyl (C=O) groups excluding carboxylic acids is 1. The Morgan fingerprint density at radius 3 is 2.76 bits per heavy atom. The summed E-state index contributed by atoms with van der Waals surface area (Å²) in [7, 11) is 1.94. The van der Waals surface area contributed by atoms with E-state index in [0.717, 1.165) is 25.5 Å². The molecule has 0 aromatic heterocycles. The molecule has 0 saturated heterocycles. The third-order valence-corrected chi connectivity index (χ3v) is 3.08. The molecule has 0 fully saturated rings. The first-order chi connectivity index (χ1) is 9.93. The van der Waals surface area contributed by atoms with Gasteiger partial charge in [0, 0.05) is 25.1 Å². The maximum absolute atomic E-state index is 11.8. The number of carbonyl (C=O) groups is 1. The number of nitrogens with zero attached hydrogens (tertiary/aromatic N) is 2. The lowest BCUT2D eigenvalue weighted by atomic mass is 10.2. The highest BCUT2D eigenvalue weighted by molar-refractivity contribution is 5.92. The Hall–Kier alpha value is -2.15. The third kappa shape index (κ3) is 5.78. The molecular weight excluding hydrogens is 274 g/mol. The number of amides is 1. The number of rotatable bonds is 8. The van der Waals surface area contributed by atoms with Crippen molar-refractivity contribution >= 4 is 17.3 Å². The van der Waals surface area contributed by atoms with E-state index in [-0.39, 0.29) is 29.5 Å². The van der Waals surface area contributed by atoms with E-state index in [1.54, 1.807) is 0 Å². The molecule has 21 heavy (non-hydrogen) atoms. The molecule has 0 radical (unpaired) electrons. The first kappa shape index (κ1) is 16.9. The summed E-state index contributed by atoms with van der Waals surface area (Å²) in [6.45, 7) is 3.62. The van der Waals surface area contributed by atoms with E-state index in [4.69, 9.17) is 0 Å². The van der Waals surface area contributed by atoms with E-state index in [1.165, 1.54) is 12.1 Å². The summed E-state index contributed by atoms with van der Waals surface area (Å²) in [5.74, 6) is -0.470. The van der Waals surface area contributed by atoms with Gasteiger partial charge in [0.1, 0.15) is 5.75 Å². The summed E-state index contributed by atoms with van der Waals surface area (Å²) < 4.78 is 0. The highest BCUT2D eigenvalue weighted by Gasteiger charge is 2.13. The molecule has 7 nitrogen and oxygen atoms in total. The Balaban J connectivity index is 2.54. The average Bonchev–Trinajstić information content (AvgIpc) is 2.45. The van der Waals surface area contributed by atoms with Crippen molar-refractivity contribution in [1.29, 1.82) is 0 Å². The number of non-ortho nitro benzene ring substituents is 1. The van der Waals surface area contributed by atoms with Gasteiger partial charge in [-0.2, -0.15) is 0 Å². The Morgan fingerprint density at radius 1 is 1.43 bits per heavy atom. The molecule has 0 unspecified atom stereocenters. The van der Waals surface area contributed by atoms with Gasteiger partial charge < -0.3 is 15.3 Å². The van der Waals surface area contributed by atoms with Crippen molar-refractivity contribution < 1.29 is 14.8 Å². The van der Waals surface area contributed by atoms with Crippen LogP contribution in [0, 0.1) is 10.1 Å². The minimum absolute atomic E-state index is 0.0606. The first-order valence-electron chi connectivity index (χ1n) is 6.89. The molecular formula is C14H21N3O4. The lowest BCUT2D eigenvalue weighted by Gasteiger charge is -2.15. The van der Waals surface area contributed by atoms with Gasteiger partial charge in [0.2, 0.25) is 5.91 Å². The second-order valence-electron chi connectivity index (χ2n) is 4.91. The molecule has 1 aromatic rings. The van der Waals surface area contributed by atoms with E-state index in [2.05, 4.69) is 17.1 Å². The van der Waals surface area contributed by atoms with Gasteiger partial charge in [0.15, 0.2) is 0 Å². The van der Waals surface area contributed by atoms with Gasteiger partial charge in [0.05, 0.1) is 10.6 Å². The molecule has 0 atom stereocenters. The summed E-state index contributed by atoms with van der Waals surface area (Å²) >= 11 is 0. The van der Waals surface area contributed by atoms with Crippen LogP contribution >= 0.6 is 0 Å². The van der Waals surface area contributed by atoms with E-state index in [9.17, 15) is 20.0 Å². The predicted octanol–water partition coefficient (Wildman–Crippen LogP) is 2.36. The number of aromatic hydroxyl groups is 1. The zero-order valence-electron chi connectivity index (χ0n) is 12.3. The predicted molar refractivity (Wildman–Crippen MR) is 80.4 cm³/mol. The Kier molecular flexibility index (Phi) is 6.61. The normalized spacial score (nSPS) is 10.6. The summed E-state index contributed by atoms with van der Waals surface area (Å²) in [6, 6.07) is 3.53. The molecule has 7 heteroatoms. The Bertz CT molecular complexity index is 505. The van der Waals surface area contributed by atoms with Crippen LogP contribution in [0.1, 0.15) is 26.2 Å². The smallest absolute Gasteiger partial charge is 0.271 e. The molecule has 0 spiro atoms. The topological polar surface area (TPSA) is 95.7 Å². The van der Waals surface area contributed by atoms with Gasteiger partial charge in [-0.05, 0) is 26.1 Å². The average molecular weight is 295 g/mol. The van der Waals surface area contributed by atoms with Gasteiger partial charge in [-0.1, -0.05) is 13.3 Å². The molecule has 0 heterocycles. The number of anilines is 1. The molecule has 1 rings (SSSR count). The third-order valence-electron chi connectivity index (χ3n) is 3.08. The lowest BCUT2D eigenvalue weighted by Crippen LogP contribution is -2.25. The van der Waals surface area contributed by atoms with Crippen LogP contribution < -0.4 is 5.32 Å². The number of phenols is 1. The van der Waals surface area contributed by atoms with E-state index in [0.29, 0.717) is 6.54 Å². The number of nitro groups is 1. The van der Waals surface area contributed by atoms with E-state index >= 15 is 0 Å². The molecule has 0 aliphatic heterocycles. The number of unbranched alkanes of at least 4 members (excludes halogenated alkanes) is 1. The van der Waals surface area contributed by atoms with Crippen LogP contribution in [0.2, 0.25) is 0 Å². The first-order valence-corrected chi connectivity index (χ1v) is 6.89. The van der Waals surface area contributed by atoms with E-state index < -0.39 is 4.92 Å². The van der Waals surface area contributed by atoms with Crippen molar-refractivity contribution in [1.82, 2.24) is 4.90 Å². The number of nitro benzene ring substituents is 1. The number of benzene rings is 1. The monoisotopic (exact) mass is 295 g/mol. The second-order valence-corrected chi connectivity index (χ2v) is 4.91. The van der Waals surface area contributed by atoms with Gasteiger partial charge in [0.25, 0.3) is 5.69 Å². The van der Waals surface area contributed by atoms with Crippen molar-refractivity contribution in [3.8, 4) is 5.75 Å². The van der Waals surface area contributed by atoms with Gasteiger partial charge in [-0.3, -0.25) is 14.9 Å². The van der Waals surface area contributed by atoms with Crippen LogP contribution in [0.15, 0.2) is 18.2 Å². The van der Waals surface area contributed by atoms with Crippen molar-refractivity contribution in [2.24, 2.45) is 0 Å². The Morgan fingerprint density at radius 2 is 2.14 bits per heavy atom. The maximum Gasteiger partial charge on any atom is 0.271 e. The minimum Gasteiger partial charge on any atom is -0.506 e. The molecule has 116 valence electrons. The van der Waals surface area contributed by atoms with Crippen LogP contribution in [-0.2, 0) is 4.79 Å². The van der Waals surface area contributed by atoms with Crippen LogP contribution in [0.25, 0.3) is 0 Å². The summed E-state index contributed by atoms with van der Waals surface area (Å²) in [5.41, 5.74) is -0.117. The highest BCUT2D eigenvalue weighted by Crippen LogP contribution is 2.27. The highest BCUT2D eigenvalue weighted by atomic mass is 16.6. The van der Waals surface area contributed by atoms with Crippen LogP contribution in [0.4, 0.5) is 11.4 Å². The number of hydrogen-bond acceptors (Lipinski definition) is 5. The Labute approximate surface area is 123 Å². The van der Waals surface area contributed by atoms with Crippen LogP contribution in [-0.4, -0.2) is 41.0 Å². The van der Waals surface area contributed by atoms with Gasteiger partial charge in [-0.15, -0.1) is 0 Å². The van der Waals surface area contributed by atoms with Gasteiger partial charge in [-0.25, -0.2) is 0 Å². The summed E-state index contributed by atoms with van der Waals surface area (Å²) in [5, 5.41) is 22.8. The van der Waals surface area contributed by atoms with Gasteiger partial charge >= 0.3 is 0 Å². The second kappa shape index (κ2) is 8.21. The molecule has 1 amide bonds. The number of hydrogen-bond donors (Lipinski definition) is 2. The number of phenolic OH excluding ortho intramolecular Hbond substituents is 1. The fourth-order valence-corrected chi connectivity index (χ4v) is 1.78. The quantitative estimate of drug-likeness (QED) is 0.436. The van der Waals surface area contributed by atoms with Crippen LogP contribution in [0.5, 0.6) is 5.75 Å².